The topological polar surface area (TPSA) is 94.5 Å². The lowest BCUT2D eigenvalue weighted by Crippen LogP contribution is -2.47. The fourth-order valence-electron chi connectivity index (χ4n) is 4.79. The van der Waals surface area contributed by atoms with E-state index in [1.54, 1.807) is 6.20 Å². The molecular formula is C29H37ClN6O2. The van der Waals surface area contributed by atoms with E-state index in [-0.39, 0.29) is 18.6 Å². The Kier molecular flexibility index (Phi) is 10.6. The number of rotatable bonds is 12. The number of β-amino-alcohol motifs (C(OH)–C–C–N with tert-alkyl or cyclic N) is 1. The van der Waals surface area contributed by atoms with Crippen LogP contribution in [0.4, 0.5) is 0 Å². The number of carbonyl (C=O) groups excluding carboxylic acids is 1. The van der Waals surface area contributed by atoms with Gasteiger partial charge in [0.2, 0.25) is 5.91 Å². The molecule has 3 aromatic rings. The highest BCUT2D eigenvalue weighted by Crippen LogP contribution is 2.26. The van der Waals surface area contributed by atoms with Crippen molar-refractivity contribution in [3.63, 3.8) is 0 Å². The Hall–Kier alpha value is -2.91. The molecule has 1 aromatic carbocycles. The molecule has 3 heterocycles. The van der Waals surface area contributed by atoms with Crippen LogP contribution >= 0.6 is 11.6 Å². The summed E-state index contributed by atoms with van der Waals surface area (Å²) < 4.78 is 0. The number of nitrogens with one attached hydrogen (secondary N) is 1. The number of hydrogen-bond acceptors (Lipinski definition) is 7. The van der Waals surface area contributed by atoms with E-state index >= 15 is 0 Å². The molecular weight excluding hydrogens is 500 g/mol. The van der Waals surface area contributed by atoms with Crippen LogP contribution in [0.1, 0.15) is 42.3 Å². The Labute approximate surface area is 230 Å². The van der Waals surface area contributed by atoms with E-state index in [1.807, 2.05) is 55.5 Å². The van der Waals surface area contributed by atoms with Gasteiger partial charge in [-0.05, 0) is 50.4 Å². The first kappa shape index (κ1) is 28.1. The maximum atomic E-state index is 13.0. The van der Waals surface area contributed by atoms with Gasteiger partial charge in [0.05, 0.1) is 29.1 Å². The Balaban J connectivity index is 1.35. The maximum absolute atomic E-state index is 13.0. The van der Waals surface area contributed by atoms with Crippen molar-refractivity contribution in [1.82, 2.24) is 30.1 Å². The zero-order chi connectivity index (χ0) is 26.7. The lowest BCUT2D eigenvalue weighted by molar-refractivity contribution is -0.122. The predicted octanol–water partition coefficient (Wildman–Crippen LogP) is 3.68. The molecule has 0 spiro atoms. The summed E-state index contributed by atoms with van der Waals surface area (Å²) in [6.07, 6.45) is 4.29. The first-order valence-electron chi connectivity index (χ1n) is 13.4. The number of aryl methyl sites for hydroxylation is 2. The Morgan fingerprint density at radius 2 is 1.74 bits per heavy atom. The van der Waals surface area contributed by atoms with E-state index in [0.29, 0.717) is 35.8 Å². The van der Waals surface area contributed by atoms with Crippen LogP contribution in [0.5, 0.6) is 0 Å². The smallest absolute Gasteiger partial charge is 0.220 e. The van der Waals surface area contributed by atoms with Gasteiger partial charge in [-0.1, -0.05) is 48.0 Å². The van der Waals surface area contributed by atoms with Gasteiger partial charge >= 0.3 is 0 Å². The second-order valence-corrected chi connectivity index (χ2v) is 10.1. The highest BCUT2D eigenvalue weighted by atomic mass is 35.5. The van der Waals surface area contributed by atoms with Crippen LogP contribution in [-0.4, -0.2) is 81.6 Å². The van der Waals surface area contributed by atoms with Crippen molar-refractivity contribution in [2.24, 2.45) is 0 Å². The fourth-order valence-corrected chi connectivity index (χ4v) is 4.97. The summed E-state index contributed by atoms with van der Waals surface area (Å²) in [5, 5.41) is 12.9. The van der Waals surface area contributed by atoms with E-state index in [1.165, 1.54) is 0 Å². The zero-order valence-corrected chi connectivity index (χ0v) is 22.8. The Morgan fingerprint density at radius 3 is 2.42 bits per heavy atom. The molecule has 1 saturated heterocycles. The highest BCUT2D eigenvalue weighted by Gasteiger charge is 2.19. The van der Waals surface area contributed by atoms with Crippen LogP contribution in [0, 0.1) is 6.92 Å². The van der Waals surface area contributed by atoms with Crippen molar-refractivity contribution in [3.05, 3.63) is 76.7 Å². The largest absolute Gasteiger partial charge is 0.395 e. The van der Waals surface area contributed by atoms with Gasteiger partial charge in [0.25, 0.3) is 0 Å². The Bertz CT molecular complexity index is 1160. The van der Waals surface area contributed by atoms with Crippen molar-refractivity contribution in [2.75, 3.05) is 45.9 Å². The van der Waals surface area contributed by atoms with E-state index in [9.17, 15) is 4.79 Å². The minimum Gasteiger partial charge on any atom is -0.395 e. The summed E-state index contributed by atoms with van der Waals surface area (Å²) in [5.41, 5.74) is 3.24. The number of nitrogens with zero attached hydrogens (tertiary/aromatic N) is 5. The van der Waals surface area contributed by atoms with Gasteiger partial charge in [-0.2, -0.15) is 0 Å². The number of pyridine rings is 1. The van der Waals surface area contributed by atoms with E-state index in [2.05, 4.69) is 25.1 Å². The van der Waals surface area contributed by atoms with Crippen LogP contribution in [0.2, 0.25) is 5.02 Å². The molecule has 0 bridgehead atoms. The third kappa shape index (κ3) is 8.04. The van der Waals surface area contributed by atoms with Crippen molar-refractivity contribution >= 4 is 17.5 Å². The lowest BCUT2D eigenvalue weighted by atomic mass is 10.00. The summed E-state index contributed by atoms with van der Waals surface area (Å²) >= 11 is 6.60. The molecule has 2 N–H and O–H groups in total. The molecule has 4 rings (SSSR count). The molecule has 1 atom stereocenters. The fraction of sp³-hybridized carbons (Fsp3) is 0.448. The van der Waals surface area contributed by atoms with Crippen molar-refractivity contribution < 1.29 is 9.90 Å². The van der Waals surface area contributed by atoms with Gasteiger partial charge in [0.1, 0.15) is 5.69 Å². The normalized spacial score (nSPS) is 15.3. The van der Waals surface area contributed by atoms with Crippen LogP contribution < -0.4 is 5.32 Å². The minimum absolute atomic E-state index is 0.0527. The SMILES string of the molecule is Cc1nc(-c2ccccn2)nc(CC[C@H](NC(=O)CCCN2CCN(CCO)CC2)c2ccccc2)c1Cl. The second-order valence-electron chi connectivity index (χ2n) is 9.69. The molecule has 2 aromatic heterocycles. The van der Waals surface area contributed by atoms with Crippen LogP contribution in [0.15, 0.2) is 54.7 Å². The zero-order valence-electron chi connectivity index (χ0n) is 22.0. The summed E-state index contributed by atoms with van der Waals surface area (Å²) in [6, 6.07) is 15.6. The standard InChI is InChI=1S/C29H37ClN6O2/c1-22-28(30)25(34-29(32-22)26-10-5-6-14-31-26)13-12-24(23-8-3-2-4-9-23)33-27(38)11-7-15-35-16-18-36(19-17-35)20-21-37/h2-6,8-10,14,24,37H,7,11-13,15-21H2,1H3,(H,33,38)/t24-/m0/s1. The first-order chi connectivity index (χ1) is 18.5. The van der Waals surface area contributed by atoms with Gasteiger partial charge in [-0.3, -0.25) is 14.7 Å². The third-order valence-electron chi connectivity index (χ3n) is 6.95. The Morgan fingerprint density at radius 1 is 1.03 bits per heavy atom. The summed E-state index contributed by atoms with van der Waals surface area (Å²) in [7, 11) is 0. The third-order valence-corrected chi connectivity index (χ3v) is 7.44. The van der Waals surface area contributed by atoms with Gasteiger partial charge in [0, 0.05) is 45.3 Å². The molecule has 0 aliphatic carbocycles. The molecule has 1 fully saturated rings. The van der Waals surface area contributed by atoms with Crippen molar-refractivity contribution in [2.45, 2.75) is 38.6 Å². The molecule has 202 valence electrons. The minimum atomic E-state index is -0.143. The average Bonchev–Trinajstić information content (AvgIpc) is 2.95. The number of hydrogen-bond donors (Lipinski definition) is 2. The summed E-state index contributed by atoms with van der Waals surface area (Å²) in [4.78, 5) is 31.3. The number of piperazine rings is 1. The van der Waals surface area contributed by atoms with Gasteiger partial charge in [-0.25, -0.2) is 9.97 Å². The number of aromatic nitrogens is 3. The average molecular weight is 537 g/mol. The summed E-state index contributed by atoms with van der Waals surface area (Å²) in [5.74, 6) is 0.608. The predicted molar refractivity (Wildman–Crippen MR) is 150 cm³/mol. The van der Waals surface area contributed by atoms with E-state index in [4.69, 9.17) is 21.7 Å². The van der Waals surface area contributed by atoms with E-state index in [0.717, 1.165) is 62.6 Å². The molecule has 8 nitrogen and oxygen atoms in total. The first-order valence-corrected chi connectivity index (χ1v) is 13.8. The van der Waals surface area contributed by atoms with Crippen molar-refractivity contribution in [3.8, 4) is 11.5 Å². The van der Waals surface area contributed by atoms with Crippen LogP contribution in [0.25, 0.3) is 11.5 Å². The molecule has 9 heteroatoms. The quantitative estimate of drug-likeness (QED) is 0.364. The molecule has 1 aliphatic rings. The maximum Gasteiger partial charge on any atom is 0.220 e. The molecule has 1 aliphatic heterocycles. The highest BCUT2D eigenvalue weighted by molar-refractivity contribution is 6.31. The number of benzene rings is 1. The van der Waals surface area contributed by atoms with Gasteiger partial charge in [0.15, 0.2) is 5.82 Å². The molecule has 0 saturated carbocycles. The molecule has 0 radical (unpaired) electrons. The number of aliphatic hydroxyl groups excluding tert-OH is 1. The van der Waals surface area contributed by atoms with Crippen LogP contribution in [-0.2, 0) is 11.2 Å². The second kappa shape index (κ2) is 14.3. The monoisotopic (exact) mass is 536 g/mol. The number of aliphatic hydroxyl groups is 1. The van der Waals surface area contributed by atoms with Gasteiger partial charge in [-0.15, -0.1) is 0 Å². The van der Waals surface area contributed by atoms with E-state index < -0.39 is 0 Å². The number of carbonyl (C=O) groups is 1. The lowest BCUT2D eigenvalue weighted by Gasteiger charge is -2.34. The van der Waals surface area contributed by atoms with Crippen LogP contribution in [0.3, 0.4) is 0 Å². The van der Waals surface area contributed by atoms with Crippen molar-refractivity contribution in [1.29, 1.82) is 0 Å². The number of halogens is 1. The van der Waals surface area contributed by atoms with Gasteiger partial charge < -0.3 is 15.3 Å². The number of amides is 1. The summed E-state index contributed by atoms with van der Waals surface area (Å²) in [6.45, 7) is 7.62. The molecule has 38 heavy (non-hydrogen) atoms. The molecule has 0 unspecified atom stereocenters. The molecule has 1 amide bonds.